The molecule has 1 fully saturated rings. The van der Waals surface area contributed by atoms with E-state index in [-0.39, 0.29) is 29.4 Å². The Labute approximate surface area is 204 Å². The van der Waals surface area contributed by atoms with Gasteiger partial charge in [-0.2, -0.15) is 9.97 Å². The van der Waals surface area contributed by atoms with Gasteiger partial charge in [-0.15, -0.1) is 10.2 Å². The fraction of sp³-hybridized carbons (Fsp3) is 0.545. The van der Waals surface area contributed by atoms with Crippen molar-refractivity contribution in [1.82, 2.24) is 34.7 Å². The number of rotatable bonds is 9. The summed E-state index contributed by atoms with van der Waals surface area (Å²) < 4.78 is 45.4. The lowest BCUT2D eigenvalue weighted by molar-refractivity contribution is 0.103. The first-order valence-electron chi connectivity index (χ1n) is 11.3. The Bertz CT molecular complexity index is 1250. The number of hydrogen-bond donors (Lipinski definition) is 0. The van der Waals surface area contributed by atoms with Crippen molar-refractivity contribution in [3.8, 4) is 17.4 Å². The van der Waals surface area contributed by atoms with E-state index in [0.29, 0.717) is 23.9 Å². The van der Waals surface area contributed by atoms with Gasteiger partial charge >= 0.3 is 0 Å². The first-order chi connectivity index (χ1) is 16.8. The minimum absolute atomic E-state index is 0.186. The number of nitrogens with zero attached hydrogens (tertiary/aromatic N) is 7. The van der Waals surface area contributed by atoms with Gasteiger partial charge < -0.3 is 14.2 Å². The molecule has 0 aliphatic carbocycles. The second-order valence-electron chi connectivity index (χ2n) is 8.47. The maximum atomic E-state index is 13.5. The normalized spacial score (nSPS) is 17.8. The maximum Gasteiger partial charge on any atom is 0.245 e. The third-order valence-electron chi connectivity index (χ3n) is 6.15. The van der Waals surface area contributed by atoms with Crippen molar-refractivity contribution in [2.75, 3.05) is 20.8 Å². The zero-order valence-corrected chi connectivity index (χ0v) is 21.2. The van der Waals surface area contributed by atoms with Gasteiger partial charge in [-0.3, -0.25) is 4.57 Å². The standard InChI is InChI=1S/C22H29N7O5S/c1-13-9-23-19(24-10-13)14(2)15(3)35(30,31)11-17-27-28-20(16-7-6-8-34-16)29(17)18-21(32-4)25-12-26-22(18)33-5/h9-10,12,14-16H,6-8,11H2,1-5H3/t14-,15-,16+/m0/s1. The van der Waals surface area contributed by atoms with Crippen LogP contribution in [0.4, 0.5) is 0 Å². The van der Waals surface area contributed by atoms with Crippen LogP contribution in [0.15, 0.2) is 18.7 Å². The van der Waals surface area contributed by atoms with Crippen LogP contribution in [0.3, 0.4) is 0 Å². The SMILES string of the molecule is COc1ncnc(OC)c1-n1c(CS(=O)(=O)[C@@H](C)[C@H](C)c2ncc(C)cn2)nnc1[C@H]1CCCO1. The van der Waals surface area contributed by atoms with E-state index in [4.69, 9.17) is 14.2 Å². The molecule has 1 aliphatic heterocycles. The number of methoxy groups -OCH3 is 2. The smallest absolute Gasteiger partial charge is 0.245 e. The fourth-order valence-corrected chi connectivity index (χ4v) is 5.52. The van der Waals surface area contributed by atoms with Gasteiger partial charge in [0.15, 0.2) is 27.2 Å². The summed E-state index contributed by atoms with van der Waals surface area (Å²) >= 11 is 0. The van der Waals surface area contributed by atoms with Gasteiger partial charge in [0.2, 0.25) is 11.8 Å². The molecule has 1 saturated heterocycles. The van der Waals surface area contributed by atoms with E-state index in [1.807, 2.05) is 6.92 Å². The van der Waals surface area contributed by atoms with E-state index >= 15 is 0 Å². The lowest BCUT2D eigenvalue weighted by Crippen LogP contribution is -2.27. The van der Waals surface area contributed by atoms with Crippen LogP contribution in [0.5, 0.6) is 11.8 Å². The summed E-state index contributed by atoms with van der Waals surface area (Å²) in [6, 6.07) is 0. The molecule has 0 bridgehead atoms. The van der Waals surface area contributed by atoms with Crippen molar-refractivity contribution < 1.29 is 22.6 Å². The lowest BCUT2D eigenvalue weighted by Gasteiger charge is -2.20. The van der Waals surface area contributed by atoms with Crippen LogP contribution in [0.1, 0.15) is 61.7 Å². The second-order valence-corrected chi connectivity index (χ2v) is 10.8. The molecule has 4 heterocycles. The van der Waals surface area contributed by atoms with Gasteiger partial charge in [0, 0.05) is 24.9 Å². The van der Waals surface area contributed by atoms with Gasteiger partial charge in [0.25, 0.3) is 0 Å². The molecule has 3 atom stereocenters. The molecule has 0 amide bonds. The number of sulfone groups is 1. The molecular weight excluding hydrogens is 474 g/mol. The third kappa shape index (κ3) is 4.96. The summed E-state index contributed by atoms with van der Waals surface area (Å²) in [4.78, 5) is 17.0. The van der Waals surface area contributed by atoms with Crippen molar-refractivity contribution in [3.63, 3.8) is 0 Å². The van der Waals surface area contributed by atoms with Crippen LogP contribution in [0.25, 0.3) is 5.69 Å². The highest BCUT2D eigenvalue weighted by Gasteiger charge is 2.35. The Morgan fingerprint density at radius 2 is 1.74 bits per heavy atom. The number of aromatic nitrogens is 7. The van der Waals surface area contributed by atoms with Crippen LogP contribution in [0.2, 0.25) is 0 Å². The highest BCUT2D eigenvalue weighted by Crippen LogP contribution is 2.36. The minimum Gasteiger partial charge on any atom is -0.479 e. The zero-order chi connectivity index (χ0) is 25.2. The highest BCUT2D eigenvalue weighted by atomic mass is 32.2. The van der Waals surface area contributed by atoms with Gasteiger partial charge in [0.05, 0.1) is 19.5 Å². The summed E-state index contributed by atoms with van der Waals surface area (Å²) in [6.45, 7) is 5.91. The number of hydrogen-bond acceptors (Lipinski definition) is 11. The second kappa shape index (κ2) is 10.2. The maximum absolute atomic E-state index is 13.5. The van der Waals surface area contributed by atoms with Crippen molar-refractivity contribution in [3.05, 3.63) is 41.8 Å². The van der Waals surface area contributed by atoms with E-state index in [0.717, 1.165) is 18.4 Å². The largest absolute Gasteiger partial charge is 0.479 e. The summed E-state index contributed by atoms with van der Waals surface area (Å²) in [5, 5.41) is 7.79. The zero-order valence-electron chi connectivity index (χ0n) is 20.4. The van der Waals surface area contributed by atoms with E-state index < -0.39 is 21.0 Å². The summed E-state index contributed by atoms with van der Waals surface area (Å²) in [5.41, 5.74) is 1.22. The molecule has 0 radical (unpaired) electrons. The molecule has 3 aromatic rings. The molecule has 35 heavy (non-hydrogen) atoms. The fourth-order valence-electron chi connectivity index (χ4n) is 3.96. The predicted molar refractivity (Wildman–Crippen MR) is 125 cm³/mol. The monoisotopic (exact) mass is 503 g/mol. The van der Waals surface area contributed by atoms with Gasteiger partial charge in [-0.25, -0.2) is 18.4 Å². The molecule has 188 valence electrons. The topological polar surface area (TPSA) is 144 Å². The third-order valence-corrected chi connectivity index (χ3v) is 8.35. The molecular formula is C22H29N7O5S. The molecule has 0 N–H and O–H groups in total. The molecule has 4 rings (SSSR count). The molecule has 0 unspecified atom stereocenters. The van der Waals surface area contributed by atoms with Crippen LogP contribution < -0.4 is 9.47 Å². The molecule has 0 aromatic carbocycles. The summed E-state index contributed by atoms with van der Waals surface area (Å²) in [7, 11) is -0.794. The molecule has 0 spiro atoms. The van der Waals surface area contributed by atoms with Crippen molar-refractivity contribution in [2.45, 2.75) is 56.6 Å². The van der Waals surface area contributed by atoms with Crippen molar-refractivity contribution >= 4 is 9.84 Å². The molecule has 12 nitrogen and oxygen atoms in total. The first kappa shape index (κ1) is 24.9. The molecule has 1 aliphatic rings. The van der Waals surface area contributed by atoms with E-state index in [2.05, 4.69) is 30.1 Å². The van der Waals surface area contributed by atoms with Crippen LogP contribution >= 0.6 is 0 Å². The van der Waals surface area contributed by atoms with E-state index in [9.17, 15) is 8.42 Å². The van der Waals surface area contributed by atoms with Gasteiger partial charge in [-0.1, -0.05) is 6.92 Å². The Balaban J connectivity index is 1.76. The lowest BCUT2D eigenvalue weighted by atomic mass is 10.1. The van der Waals surface area contributed by atoms with Crippen LogP contribution in [-0.4, -0.2) is 69.2 Å². The Morgan fingerprint density at radius 1 is 1.09 bits per heavy atom. The number of ether oxygens (including phenoxy) is 3. The van der Waals surface area contributed by atoms with Crippen LogP contribution in [0, 0.1) is 6.92 Å². The van der Waals surface area contributed by atoms with Gasteiger partial charge in [-0.05, 0) is 32.3 Å². The van der Waals surface area contributed by atoms with Crippen molar-refractivity contribution in [1.29, 1.82) is 0 Å². The van der Waals surface area contributed by atoms with Crippen molar-refractivity contribution in [2.24, 2.45) is 0 Å². The summed E-state index contributed by atoms with van der Waals surface area (Å²) in [5.74, 6) is 0.679. The Kier molecular flexibility index (Phi) is 7.26. The average molecular weight is 504 g/mol. The Hall–Kier alpha value is -3.19. The quantitative estimate of drug-likeness (QED) is 0.423. The van der Waals surface area contributed by atoms with E-state index in [1.54, 1.807) is 30.8 Å². The molecule has 0 saturated carbocycles. The summed E-state index contributed by atoms with van der Waals surface area (Å²) in [6.07, 6.45) is 5.88. The van der Waals surface area contributed by atoms with Gasteiger partial charge in [0.1, 0.15) is 24.0 Å². The predicted octanol–water partition coefficient (Wildman–Crippen LogP) is 2.13. The van der Waals surface area contributed by atoms with Crippen LogP contribution in [-0.2, 0) is 20.3 Å². The highest BCUT2D eigenvalue weighted by molar-refractivity contribution is 7.91. The van der Waals surface area contributed by atoms with E-state index in [1.165, 1.54) is 20.5 Å². The molecule has 13 heteroatoms. The minimum atomic E-state index is -3.72. The number of aryl methyl sites for hydroxylation is 1. The first-order valence-corrected chi connectivity index (χ1v) is 13.0. The molecule has 3 aromatic heterocycles. The average Bonchev–Trinajstić information content (AvgIpc) is 3.52. The Morgan fingerprint density at radius 3 is 2.31 bits per heavy atom.